The van der Waals surface area contributed by atoms with Crippen molar-refractivity contribution in [1.82, 2.24) is 0 Å². The summed E-state index contributed by atoms with van der Waals surface area (Å²) in [6, 6.07) is 13.4. The monoisotopic (exact) mass is 325 g/mol. The minimum atomic E-state index is -3.60. The third-order valence-corrected chi connectivity index (χ3v) is 4.31. The van der Waals surface area contributed by atoms with Crippen molar-refractivity contribution in [3.63, 3.8) is 0 Å². The number of hydrogen-bond donors (Lipinski definition) is 1. The van der Waals surface area contributed by atoms with E-state index in [1.54, 1.807) is 48.5 Å². The standard InChI is InChI=1S/C15H16ClNO3S/c1-12-5-7-15(8-6-12)21(18,19)17-13-3-2-4-14(11-13)20-10-9-16/h2-8,11,17H,9-10H2,1H3. The van der Waals surface area contributed by atoms with Gasteiger partial charge in [0.05, 0.1) is 16.5 Å². The number of alkyl halides is 1. The van der Waals surface area contributed by atoms with Crippen LogP contribution in [0.15, 0.2) is 53.4 Å². The normalized spacial score (nSPS) is 11.1. The van der Waals surface area contributed by atoms with E-state index in [9.17, 15) is 8.42 Å². The van der Waals surface area contributed by atoms with Gasteiger partial charge in [0.1, 0.15) is 12.4 Å². The zero-order valence-electron chi connectivity index (χ0n) is 11.5. The highest BCUT2D eigenvalue weighted by atomic mass is 35.5. The maximum atomic E-state index is 12.3. The maximum absolute atomic E-state index is 12.3. The zero-order valence-corrected chi connectivity index (χ0v) is 13.1. The van der Waals surface area contributed by atoms with Gasteiger partial charge < -0.3 is 4.74 Å². The number of ether oxygens (including phenoxy) is 1. The molecule has 2 aromatic carbocycles. The molecule has 0 amide bonds. The molecule has 0 unspecified atom stereocenters. The molecule has 0 radical (unpaired) electrons. The van der Waals surface area contributed by atoms with Crippen molar-refractivity contribution < 1.29 is 13.2 Å². The molecular formula is C15H16ClNO3S. The van der Waals surface area contributed by atoms with Gasteiger partial charge in [-0.25, -0.2) is 8.42 Å². The number of rotatable bonds is 6. The van der Waals surface area contributed by atoms with Gasteiger partial charge in [0.2, 0.25) is 0 Å². The number of aryl methyl sites for hydroxylation is 1. The summed E-state index contributed by atoms with van der Waals surface area (Å²) < 4.78 is 32.4. The molecule has 2 rings (SSSR count). The molecule has 4 nitrogen and oxygen atoms in total. The summed E-state index contributed by atoms with van der Waals surface area (Å²) in [6.45, 7) is 2.28. The molecular weight excluding hydrogens is 310 g/mol. The molecule has 0 aromatic heterocycles. The van der Waals surface area contributed by atoms with Gasteiger partial charge in [-0.1, -0.05) is 23.8 Å². The van der Waals surface area contributed by atoms with Crippen LogP contribution in [0.2, 0.25) is 0 Å². The van der Waals surface area contributed by atoms with Gasteiger partial charge >= 0.3 is 0 Å². The fourth-order valence-electron chi connectivity index (χ4n) is 1.74. The van der Waals surface area contributed by atoms with E-state index in [0.717, 1.165) is 5.56 Å². The van der Waals surface area contributed by atoms with Gasteiger partial charge in [0.15, 0.2) is 0 Å². The van der Waals surface area contributed by atoms with E-state index in [2.05, 4.69) is 4.72 Å². The zero-order chi connectivity index (χ0) is 15.3. The second kappa shape index (κ2) is 6.83. The van der Waals surface area contributed by atoms with E-state index < -0.39 is 10.0 Å². The molecule has 21 heavy (non-hydrogen) atoms. The number of anilines is 1. The lowest BCUT2D eigenvalue weighted by molar-refractivity contribution is 0.343. The number of hydrogen-bond acceptors (Lipinski definition) is 3. The van der Waals surface area contributed by atoms with Crippen LogP contribution in [0.4, 0.5) is 5.69 Å². The Balaban J connectivity index is 2.18. The molecule has 0 aliphatic carbocycles. The van der Waals surface area contributed by atoms with Gasteiger partial charge in [-0.15, -0.1) is 11.6 Å². The lowest BCUT2D eigenvalue weighted by atomic mass is 10.2. The van der Waals surface area contributed by atoms with Crippen LogP contribution < -0.4 is 9.46 Å². The Hall–Kier alpha value is -1.72. The first-order valence-electron chi connectivity index (χ1n) is 6.39. The molecule has 2 aromatic rings. The highest BCUT2D eigenvalue weighted by Gasteiger charge is 2.13. The highest BCUT2D eigenvalue weighted by Crippen LogP contribution is 2.21. The average Bonchev–Trinajstić information content (AvgIpc) is 2.45. The second-order valence-corrected chi connectivity index (χ2v) is 6.54. The summed E-state index contributed by atoms with van der Waals surface area (Å²) in [5.41, 5.74) is 1.45. The van der Waals surface area contributed by atoms with E-state index in [0.29, 0.717) is 23.9 Å². The molecule has 0 heterocycles. The highest BCUT2D eigenvalue weighted by molar-refractivity contribution is 7.92. The third-order valence-electron chi connectivity index (χ3n) is 2.76. The van der Waals surface area contributed by atoms with Crippen LogP contribution in [-0.4, -0.2) is 20.9 Å². The quantitative estimate of drug-likeness (QED) is 0.828. The number of halogens is 1. The van der Waals surface area contributed by atoms with Gasteiger partial charge in [-0.2, -0.15) is 0 Å². The van der Waals surface area contributed by atoms with Crippen molar-refractivity contribution in [1.29, 1.82) is 0 Å². The van der Waals surface area contributed by atoms with Crippen LogP contribution in [0, 0.1) is 6.92 Å². The predicted octanol–water partition coefficient (Wildman–Crippen LogP) is 3.41. The Labute approximate surface area is 129 Å². The summed E-state index contributed by atoms with van der Waals surface area (Å²) in [4.78, 5) is 0.222. The van der Waals surface area contributed by atoms with Crippen molar-refractivity contribution in [2.45, 2.75) is 11.8 Å². The van der Waals surface area contributed by atoms with Crippen molar-refractivity contribution >= 4 is 27.3 Å². The third kappa shape index (κ3) is 4.37. The average molecular weight is 326 g/mol. The number of sulfonamides is 1. The Morgan fingerprint density at radius 2 is 1.86 bits per heavy atom. The van der Waals surface area contributed by atoms with Crippen LogP contribution in [-0.2, 0) is 10.0 Å². The molecule has 1 N–H and O–H groups in total. The molecule has 0 bridgehead atoms. The summed E-state index contributed by atoms with van der Waals surface area (Å²) in [5, 5.41) is 0. The van der Waals surface area contributed by atoms with E-state index >= 15 is 0 Å². The Kier molecular flexibility index (Phi) is 5.09. The van der Waals surface area contributed by atoms with Gasteiger partial charge in [-0.3, -0.25) is 4.72 Å². The van der Waals surface area contributed by atoms with E-state index in [4.69, 9.17) is 16.3 Å². The van der Waals surface area contributed by atoms with E-state index in [1.807, 2.05) is 6.92 Å². The molecule has 112 valence electrons. The predicted molar refractivity (Wildman–Crippen MR) is 84.6 cm³/mol. The SMILES string of the molecule is Cc1ccc(S(=O)(=O)Nc2cccc(OCCCl)c2)cc1. The van der Waals surface area contributed by atoms with Crippen LogP contribution in [0.25, 0.3) is 0 Å². The molecule has 0 aliphatic rings. The second-order valence-electron chi connectivity index (χ2n) is 4.48. The molecule has 0 saturated heterocycles. The molecule has 6 heteroatoms. The molecule has 0 saturated carbocycles. The van der Waals surface area contributed by atoms with Crippen LogP contribution in [0.1, 0.15) is 5.56 Å². The number of benzene rings is 2. The van der Waals surface area contributed by atoms with Crippen molar-refractivity contribution in [2.24, 2.45) is 0 Å². The molecule has 0 aliphatic heterocycles. The summed E-state index contributed by atoms with van der Waals surface area (Å²) in [7, 11) is -3.60. The Morgan fingerprint density at radius 1 is 1.14 bits per heavy atom. The summed E-state index contributed by atoms with van der Waals surface area (Å²) >= 11 is 5.55. The Bertz CT molecular complexity index is 699. The van der Waals surface area contributed by atoms with Gasteiger partial charge in [0.25, 0.3) is 10.0 Å². The summed E-state index contributed by atoms with van der Waals surface area (Å²) in [6.07, 6.45) is 0. The lowest BCUT2D eigenvalue weighted by Gasteiger charge is -2.10. The minimum absolute atomic E-state index is 0.222. The largest absolute Gasteiger partial charge is 0.492 e. The van der Waals surface area contributed by atoms with Crippen molar-refractivity contribution in [2.75, 3.05) is 17.2 Å². The van der Waals surface area contributed by atoms with Crippen LogP contribution in [0.5, 0.6) is 5.75 Å². The lowest BCUT2D eigenvalue weighted by Crippen LogP contribution is -2.13. The molecule has 0 spiro atoms. The molecule has 0 atom stereocenters. The number of nitrogens with one attached hydrogen (secondary N) is 1. The van der Waals surface area contributed by atoms with Crippen molar-refractivity contribution in [3.8, 4) is 5.75 Å². The first kappa shape index (κ1) is 15.7. The first-order chi connectivity index (χ1) is 10.0. The molecule has 0 fully saturated rings. The van der Waals surface area contributed by atoms with Crippen LogP contribution in [0.3, 0.4) is 0 Å². The smallest absolute Gasteiger partial charge is 0.261 e. The van der Waals surface area contributed by atoms with Crippen molar-refractivity contribution in [3.05, 3.63) is 54.1 Å². The first-order valence-corrected chi connectivity index (χ1v) is 8.41. The topological polar surface area (TPSA) is 55.4 Å². The fourth-order valence-corrected chi connectivity index (χ4v) is 2.86. The van der Waals surface area contributed by atoms with Gasteiger partial charge in [0, 0.05) is 6.07 Å². The maximum Gasteiger partial charge on any atom is 0.261 e. The van der Waals surface area contributed by atoms with E-state index in [1.165, 1.54) is 0 Å². The van der Waals surface area contributed by atoms with Gasteiger partial charge in [-0.05, 0) is 31.2 Å². The fraction of sp³-hybridized carbons (Fsp3) is 0.200. The van der Waals surface area contributed by atoms with Crippen LogP contribution >= 0.6 is 11.6 Å². The minimum Gasteiger partial charge on any atom is -0.492 e. The Morgan fingerprint density at radius 3 is 2.52 bits per heavy atom. The van der Waals surface area contributed by atoms with E-state index in [-0.39, 0.29) is 4.90 Å². The summed E-state index contributed by atoms with van der Waals surface area (Å²) in [5.74, 6) is 0.944.